The maximum absolute atomic E-state index is 12.1. The van der Waals surface area contributed by atoms with Gasteiger partial charge in [0, 0.05) is 23.8 Å². The third kappa shape index (κ3) is 3.29. The van der Waals surface area contributed by atoms with E-state index in [-0.39, 0.29) is 17.9 Å². The van der Waals surface area contributed by atoms with Gasteiger partial charge < -0.3 is 16.0 Å². The standard InChI is InChI=1S/C15H21N3O2/c1-9(2)17-14(19)10(3)18-15(20)12-4-5-13-11(8-12)6-7-16-13/h4-5,8-10,16H,6-7H2,1-3H3,(H,17,19)(H,18,20). The molecule has 1 aromatic carbocycles. The molecule has 0 aromatic heterocycles. The number of nitrogens with one attached hydrogen (secondary N) is 3. The molecule has 2 rings (SSSR count). The number of hydrogen-bond acceptors (Lipinski definition) is 3. The average Bonchev–Trinajstić information content (AvgIpc) is 2.84. The second-order valence-electron chi connectivity index (χ2n) is 5.41. The van der Waals surface area contributed by atoms with Gasteiger partial charge in [0.05, 0.1) is 0 Å². The first-order valence-electron chi connectivity index (χ1n) is 6.95. The van der Waals surface area contributed by atoms with Crippen molar-refractivity contribution in [3.63, 3.8) is 0 Å². The molecule has 0 radical (unpaired) electrons. The van der Waals surface area contributed by atoms with Crippen LogP contribution in [0.25, 0.3) is 0 Å². The molecule has 3 N–H and O–H groups in total. The molecule has 0 saturated heterocycles. The van der Waals surface area contributed by atoms with Crippen LogP contribution in [0, 0.1) is 0 Å². The Hall–Kier alpha value is -2.04. The summed E-state index contributed by atoms with van der Waals surface area (Å²) in [6.45, 7) is 6.37. The van der Waals surface area contributed by atoms with E-state index in [1.807, 2.05) is 26.0 Å². The Bertz CT molecular complexity index is 526. The van der Waals surface area contributed by atoms with Gasteiger partial charge in [-0.3, -0.25) is 9.59 Å². The molecule has 0 aliphatic carbocycles. The maximum Gasteiger partial charge on any atom is 0.251 e. The second kappa shape index (κ2) is 5.94. The summed E-state index contributed by atoms with van der Waals surface area (Å²) in [6, 6.07) is 5.09. The summed E-state index contributed by atoms with van der Waals surface area (Å²) in [7, 11) is 0. The molecule has 5 nitrogen and oxygen atoms in total. The summed E-state index contributed by atoms with van der Waals surface area (Å²) in [6.07, 6.45) is 0.930. The van der Waals surface area contributed by atoms with Crippen molar-refractivity contribution < 1.29 is 9.59 Å². The molecule has 1 aliphatic rings. The molecule has 108 valence electrons. The van der Waals surface area contributed by atoms with Crippen LogP contribution in [0.5, 0.6) is 0 Å². The lowest BCUT2D eigenvalue weighted by Crippen LogP contribution is -2.46. The second-order valence-corrected chi connectivity index (χ2v) is 5.41. The molecule has 0 saturated carbocycles. The molecule has 1 aromatic rings. The lowest BCUT2D eigenvalue weighted by Gasteiger charge is -2.16. The van der Waals surface area contributed by atoms with Crippen molar-refractivity contribution >= 4 is 17.5 Å². The van der Waals surface area contributed by atoms with E-state index in [9.17, 15) is 9.59 Å². The fraction of sp³-hybridized carbons (Fsp3) is 0.467. The monoisotopic (exact) mass is 275 g/mol. The van der Waals surface area contributed by atoms with Crippen LogP contribution in [0.4, 0.5) is 5.69 Å². The number of carbonyl (C=O) groups excluding carboxylic acids is 2. The number of fused-ring (bicyclic) bond motifs is 1. The van der Waals surface area contributed by atoms with Gasteiger partial charge in [-0.2, -0.15) is 0 Å². The average molecular weight is 275 g/mol. The maximum atomic E-state index is 12.1. The summed E-state index contributed by atoms with van der Waals surface area (Å²) in [5.41, 5.74) is 2.83. The highest BCUT2D eigenvalue weighted by Gasteiger charge is 2.18. The third-order valence-electron chi connectivity index (χ3n) is 3.25. The summed E-state index contributed by atoms with van der Waals surface area (Å²) in [5.74, 6) is -0.387. The number of rotatable bonds is 4. The van der Waals surface area contributed by atoms with E-state index in [1.54, 1.807) is 13.0 Å². The minimum absolute atomic E-state index is 0.0629. The smallest absolute Gasteiger partial charge is 0.251 e. The van der Waals surface area contributed by atoms with Crippen molar-refractivity contribution in [3.05, 3.63) is 29.3 Å². The highest BCUT2D eigenvalue weighted by atomic mass is 16.2. The molecular weight excluding hydrogens is 254 g/mol. The fourth-order valence-corrected chi connectivity index (χ4v) is 2.20. The Morgan fingerprint density at radius 3 is 2.65 bits per heavy atom. The molecule has 1 atom stereocenters. The van der Waals surface area contributed by atoms with Crippen molar-refractivity contribution in [2.24, 2.45) is 0 Å². The van der Waals surface area contributed by atoms with Crippen LogP contribution in [-0.2, 0) is 11.2 Å². The number of benzene rings is 1. The number of anilines is 1. The predicted octanol–water partition coefficient (Wildman–Crippen LogP) is 1.30. The van der Waals surface area contributed by atoms with Gasteiger partial charge in [-0.15, -0.1) is 0 Å². The molecule has 0 fully saturated rings. The first-order valence-corrected chi connectivity index (χ1v) is 6.95. The van der Waals surface area contributed by atoms with Gasteiger partial charge in [0.2, 0.25) is 5.91 Å². The highest BCUT2D eigenvalue weighted by molar-refractivity contribution is 5.98. The molecule has 20 heavy (non-hydrogen) atoms. The molecule has 2 amide bonds. The number of hydrogen-bond donors (Lipinski definition) is 3. The van der Waals surface area contributed by atoms with E-state index in [4.69, 9.17) is 0 Å². The van der Waals surface area contributed by atoms with E-state index in [1.165, 1.54) is 0 Å². The van der Waals surface area contributed by atoms with Crippen LogP contribution in [-0.4, -0.2) is 30.4 Å². The largest absolute Gasteiger partial charge is 0.384 e. The van der Waals surface area contributed by atoms with Crippen LogP contribution in [0.15, 0.2) is 18.2 Å². The van der Waals surface area contributed by atoms with E-state index in [0.29, 0.717) is 5.56 Å². The predicted molar refractivity (Wildman–Crippen MR) is 78.8 cm³/mol. The number of carbonyl (C=O) groups is 2. The Morgan fingerprint density at radius 2 is 1.95 bits per heavy atom. The van der Waals surface area contributed by atoms with Crippen molar-refractivity contribution in [2.45, 2.75) is 39.3 Å². The minimum atomic E-state index is -0.545. The van der Waals surface area contributed by atoms with Crippen molar-refractivity contribution in [3.8, 4) is 0 Å². The Balaban J connectivity index is 1.99. The molecule has 1 aliphatic heterocycles. The SMILES string of the molecule is CC(C)NC(=O)C(C)NC(=O)c1ccc2c(c1)CCN2. The Morgan fingerprint density at radius 1 is 1.20 bits per heavy atom. The zero-order valence-corrected chi connectivity index (χ0v) is 12.1. The van der Waals surface area contributed by atoms with E-state index >= 15 is 0 Å². The number of amides is 2. The lowest BCUT2D eigenvalue weighted by atomic mass is 10.1. The summed E-state index contributed by atoms with van der Waals surface area (Å²) in [4.78, 5) is 23.9. The normalized spacial score (nSPS) is 14.4. The van der Waals surface area contributed by atoms with Crippen LogP contribution in [0.2, 0.25) is 0 Å². The summed E-state index contributed by atoms with van der Waals surface area (Å²) in [5, 5.41) is 8.75. The van der Waals surface area contributed by atoms with Crippen molar-refractivity contribution in [1.82, 2.24) is 10.6 Å². The molecule has 1 heterocycles. The van der Waals surface area contributed by atoms with Gasteiger partial charge in [0.1, 0.15) is 6.04 Å². The molecular formula is C15H21N3O2. The van der Waals surface area contributed by atoms with Gasteiger partial charge in [-0.1, -0.05) is 0 Å². The minimum Gasteiger partial charge on any atom is -0.384 e. The first kappa shape index (κ1) is 14.4. The topological polar surface area (TPSA) is 70.2 Å². The van der Waals surface area contributed by atoms with Crippen molar-refractivity contribution in [2.75, 3.05) is 11.9 Å². The van der Waals surface area contributed by atoms with Crippen LogP contribution in [0.1, 0.15) is 36.7 Å². The zero-order chi connectivity index (χ0) is 14.7. The summed E-state index contributed by atoms with van der Waals surface area (Å²) < 4.78 is 0. The van der Waals surface area contributed by atoms with E-state index < -0.39 is 6.04 Å². The Kier molecular flexibility index (Phi) is 4.27. The molecule has 0 spiro atoms. The van der Waals surface area contributed by atoms with Gasteiger partial charge >= 0.3 is 0 Å². The van der Waals surface area contributed by atoms with Gasteiger partial charge in [-0.05, 0) is 51.0 Å². The van der Waals surface area contributed by atoms with Crippen LogP contribution >= 0.6 is 0 Å². The van der Waals surface area contributed by atoms with E-state index in [0.717, 1.165) is 24.2 Å². The first-order chi connectivity index (χ1) is 9.47. The van der Waals surface area contributed by atoms with Gasteiger partial charge in [0.15, 0.2) is 0 Å². The fourth-order valence-electron chi connectivity index (χ4n) is 2.20. The van der Waals surface area contributed by atoms with Gasteiger partial charge in [0.25, 0.3) is 5.91 Å². The zero-order valence-electron chi connectivity index (χ0n) is 12.1. The van der Waals surface area contributed by atoms with Crippen molar-refractivity contribution in [1.29, 1.82) is 0 Å². The third-order valence-corrected chi connectivity index (χ3v) is 3.25. The van der Waals surface area contributed by atoms with Gasteiger partial charge in [-0.25, -0.2) is 0 Å². The molecule has 1 unspecified atom stereocenters. The van der Waals surface area contributed by atoms with Crippen LogP contribution in [0.3, 0.4) is 0 Å². The quantitative estimate of drug-likeness (QED) is 0.775. The molecule has 5 heteroatoms. The van der Waals surface area contributed by atoms with E-state index in [2.05, 4.69) is 16.0 Å². The summed E-state index contributed by atoms with van der Waals surface area (Å²) >= 11 is 0. The highest BCUT2D eigenvalue weighted by Crippen LogP contribution is 2.22. The molecule has 0 bridgehead atoms. The van der Waals surface area contributed by atoms with Crippen LogP contribution < -0.4 is 16.0 Å². The lowest BCUT2D eigenvalue weighted by molar-refractivity contribution is -0.123. The Labute approximate surface area is 119 Å².